The number of carbonyl (C=O) groups excluding carboxylic acids is 1. The number of pyridine rings is 1. The molecule has 0 aliphatic heterocycles. The average Bonchev–Trinajstić information content (AvgIpc) is 2.81. The maximum absolute atomic E-state index is 11.8. The second kappa shape index (κ2) is 9.66. The summed E-state index contributed by atoms with van der Waals surface area (Å²) < 4.78 is 12.0. The number of hydrogen-bond acceptors (Lipinski definition) is 5. The maximum atomic E-state index is 11.8. The number of rotatable bonds is 7. The summed E-state index contributed by atoms with van der Waals surface area (Å²) in [5, 5.41) is 2.86. The number of anilines is 2. The SMILES string of the molecule is CCC(=O)Nc1cccc(-c2c(Oc3ccc(Oc4ccccc4)cc3)ccnc2N)c1. The lowest BCUT2D eigenvalue weighted by Gasteiger charge is -2.14. The molecule has 160 valence electrons. The molecule has 3 N–H and O–H groups in total. The molecule has 0 saturated heterocycles. The van der Waals surface area contributed by atoms with Crippen molar-refractivity contribution < 1.29 is 14.3 Å². The summed E-state index contributed by atoms with van der Waals surface area (Å²) in [7, 11) is 0. The largest absolute Gasteiger partial charge is 0.457 e. The van der Waals surface area contributed by atoms with Crippen molar-refractivity contribution in [2.75, 3.05) is 11.1 Å². The van der Waals surface area contributed by atoms with Gasteiger partial charge in [0.15, 0.2) is 0 Å². The Morgan fingerprint density at radius 3 is 2.28 bits per heavy atom. The fourth-order valence-electron chi connectivity index (χ4n) is 3.16. The first kappa shape index (κ1) is 20.9. The number of ether oxygens (including phenoxy) is 2. The minimum atomic E-state index is -0.0596. The molecule has 0 aliphatic carbocycles. The van der Waals surface area contributed by atoms with Crippen LogP contribution in [-0.2, 0) is 4.79 Å². The summed E-state index contributed by atoms with van der Waals surface area (Å²) in [6, 6.07) is 26.1. The molecular formula is C26H23N3O3. The van der Waals surface area contributed by atoms with Crippen LogP contribution in [0.3, 0.4) is 0 Å². The van der Waals surface area contributed by atoms with Crippen LogP contribution in [0.2, 0.25) is 0 Å². The van der Waals surface area contributed by atoms with Crippen molar-refractivity contribution in [1.29, 1.82) is 0 Å². The Balaban J connectivity index is 1.57. The third-order valence-corrected chi connectivity index (χ3v) is 4.73. The Morgan fingerprint density at radius 1 is 0.875 bits per heavy atom. The first-order chi connectivity index (χ1) is 15.6. The quantitative estimate of drug-likeness (QED) is 0.365. The highest BCUT2D eigenvalue weighted by atomic mass is 16.5. The number of benzene rings is 3. The van der Waals surface area contributed by atoms with Gasteiger partial charge in [-0.05, 0) is 60.2 Å². The van der Waals surface area contributed by atoms with E-state index in [0.29, 0.717) is 40.7 Å². The lowest BCUT2D eigenvalue weighted by molar-refractivity contribution is -0.115. The molecule has 3 aromatic carbocycles. The number of aromatic nitrogens is 1. The molecule has 0 spiro atoms. The van der Waals surface area contributed by atoms with Gasteiger partial charge in [0, 0.05) is 18.3 Å². The molecule has 1 heterocycles. The number of amides is 1. The van der Waals surface area contributed by atoms with E-state index < -0.39 is 0 Å². The molecule has 1 aromatic heterocycles. The summed E-state index contributed by atoms with van der Waals surface area (Å²) in [6.07, 6.45) is 2.00. The monoisotopic (exact) mass is 425 g/mol. The molecule has 6 heteroatoms. The molecule has 1 amide bonds. The summed E-state index contributed by atoms with van der Waals surface area (Å²) >= 11 is 0. The zero-order chi connectivity index (χ0) is 22.3. The fourth-order valence-corrected chi connectivity index (χ4v) is 3.16. The van der Waals surface area contributed by atoms with Gasteiger partial charge in [-0.1, -0.05) is 37.3 Å². The van der Waals surface area contributed by atoms with Gasteiger partial charge < -0.3 is 20.5 Å². The predicted octanol–water partition coefficient (Wildman–Crippen LogP) is 6.26. The molecule has 0 radical (unpaired) electrons. The minimum Gasteiger partial charge on any atom is -0.457 e. The molecular weight excluding hydrogens is 402 g/mol. The van der Waals surface area contributed by atoms with E-state index in [0.717, 1.165) is 11.3 Å². The Morgan fingerprint density at radius 2 is 1.56 bits per heavy atom. The van der Waals surface area contributed by atoms with Crippen LogP contribution in [-0.4, -0.2) is 10.9 Å². The van der Waals surface area contributed by atoms with E-state index in [1.165, 1.54) is 0 Å². The lowest BCUT2D eigenvalue weighted by atomic mass is 10.0. The third kappa shape index (κ3) is 5.05. The standard InChI is InChI=1S/C26H23N3O3/c1-2-24(30)29-19-8-6-7-18(17-19)25-23(15-16-28-26(25)27)32-22-13-11-21(12-14-22)31-20-9-4-3-5-10-20/h3-17H,2H2,1H3,(H2,27,28)(H,29,30). The van der Waals surface area contributed by atoms with Gasteiger partial charge in [-0.25, -0.2) is 4.98 Å². The molecule has 4 aromatic rings. The Labute approximate surface area is 186 Å². The van der Waals surface area contributed by atoms with Crippen LogP contribution in [0.1, 0.15) is 13.3 Å². The number of carbonyl (C=O) groups is 1. The highest BCUT2D eigenvalue weighted by Crippen LogP contribution is 2.38. The van der Waals surface area contributed by atoms with Crippen LogP contribution >= 0.6 is 0 Å². The van der Waals surface area contributed by atoms with Crippen molar-refractivity contribution in [3.63, 3.8) is 0 Å². The van der Waals surface area contributed by atoms with Gasteiger partial charge in [0.25, 0.3) is 0 Å². The lowest BCUT2D eigenvalue weighted by Crippen LogP contribution is -2.09. The molecule has 32 heavy (non-hydrogen) atoms. The van der Waals surface area contributed by atoms with Crippen molar-refractivity contribution >= 4 is 17.4 Å². The van der Waals surface area contributed by atoms with Gasteiger partial charge in [0.1, 0.15) is 28.8 Å². The summed E-state index contributed by atoms with van der Waals surface area (Å²) in [6.45, 7) is 1.81. The van der Waals surface area contributed by atoms with Crippen molar-refractivity contribution in [2.45, 2.75) is 13.3 Å². The topological polar surface area (TPSA) is 86.5 Å². The van der Waals surface area contributed by atoms with Gasteiger partial charge in [-0.15, -0.1) is 0 Å². The Kier molecular flexibility index (Phi) is 6.32. The normalized spacial score (nSPS) is 10.4. The Hall–Kier alpha value is -4.32. The minimum absolute atomic E-state index is 0.0596. The highest BCUT2D eigenvalue weighted by Gasteiger charge is 2.13. The zero-order valence-corrected chi connectivity index (χ0v) is 17.6. The van der Waals surface area contributed by atoms with Crippen LogP contribution in [0.5, 0.6) is 23.0 Å². The van der Waals surface area contributed by atoms with Crippen molar-refractivity contribution in [2.24, 2.45) is 0 Å². The van der Waals surface area contributed by atoms with Crippen molar-refractivity contribution in [1.82, 2.24) is 4.98 Å². The fraction of sp³-hybridized carbons (Fsp3) is 0.0769. The van der Waals surface area contributed by atoms with E-state index in [-0.39, 0.29) is 5.91 Å². The molecule has 0 atom stereocenters. The second-order valence-corrected chi connectivity index (χ2v) is 7.04. The molecule has 0 aliphatic rings. The number of nitrogen functional groups attached to an aromatic ring is 1. The summed E-state index contributed by atoms with van der Waals surface area (Å²) in [5.41, 5.74) is 8.33. The molecule has 0 unspecified atom stereocenters. The van der Waals surface area contributed by atoms with E-state index in [9.17, 15) is 4.79 Å². The third-order valence-electron chi connectivity index (χ3n) is 4.73. The van der Waals surface area contributed by atoms with Crippen molar-refractivity contribution in [3.05, 3.63) is 91.1 Å². The number of nitrogens with two attached hydrogens (primary N) is 1. The predicted molar refractivity (Wildman–Crippen MR) is 126 cm³/mol. The smallest absolute Gasteiger partial charge is 0.224 e. The second-order valence-electron chi connectivity index (χ2n) is 7.04. The molecule has 6 nitrogen and oxygen atoms in total. The first-order valence-electron chi connectivity index (χ1n) is 10.3. The average molecular weight is 425 g/mol. The van der Waals surface area contributed by atoms with Gasteiger partial charge in [0.2, 0.25) is 5.91 Å². The van der Waals surface area contributed by atoms with E-state index in [4.69, 9.17) is 15.2 Å². The van der Waals surface area contributed by atoms with Gasteiger partial charge in [0.05, 0.1) is 5.56 Å². The molecule has 4 rings (SSSR count). The number of para-hydroxylation sites is 1. The summed E-state index contributed by atoms with van der Waals surface area (Å²) in [5.74, 6) is 2.94. The number of hydrogen-bond donors (Lipinski definition) is 2. The van der Waals surface area contributed by atoms with Crippen LogP contribution in [0.15, 0.2) is 91.1 Å². The summed E-state index contributed by atoms with van der Waals surface area (Å²) in [4.78, 5) is 16.0. The molecule has 0 fully saturated rings. The molecule has 0 saturated carbocycles. The van der Waals surface area contributed by atoms with Gasteiger partial charge in [-0.2, -0.15) is 0 Å². The van der Waals surface area contributed by atoms with Crippen LogP contribution in [0, 0.1) is 0 Å². The van der Waals surface area contributed by atoms with E-state index in [1.807, 2.05) is 78.9 Å². The van der Waals surface area contributed by atoms with Crippen LogP contribution in [0.25, 0.3) is 11.1 Å². The number of nitrogens with one attached hydrogen (secondary N) is 1. The molecule has 0 bridgehead atoms. The van der Waals surface area contributed by atoms with E-state index in [2.05, 4.69) is 10.3 Å². The van der Waals surface area contributed by atoms with E-state index in [1.54, 1.807) is 19.2 Å². The number of nitrogens with zero attached hydrogens (tertiary/aromatic N) is 1. The van der Waals surface area contributed by atoms with Crippen LogP contribution < -0.4 is 20.5 Å². The van der Waals surface area contributed by atoms with Crippen LogP contribution in [0.4, 0.5) is 11.5 Å². The zero-order valence-electron chi connectivity index (χ0n) is 17.6. The highest BCUT2D eigenvalue weighted by molar-refractivity contribution is 5.92. The maximum Gasteiger partial charge on any atom is 0.224 e. The van der Waals surface area contributed by atoms with Gasteiger partial charge in [-0.3, -0.25) is 4.79 Å². The van der Waals surface area contributed by atoms with E-state index >= 15 is 0 Å². The first-order valence-corrected chi connectivity index (χ1v) is 10.3. The van der Waals surface area contributed by atoms with Gasteiger partial charge >= 0.3 is 0 Å². The van der Waals surface area contributed by atoms with Crippen molar-refractivity contribution in [3.8, 4) is 34.1 Å². The Bertz CT molecular complexity index is 1210.